The molecule has 0 radical (unpaired) electrons. The van der Waals surface area contributed by atoms with Gasteiger partial charge in [-0.15, -0.1) is 0 Å². The lowest BCUT2D eigenvalue weighted by Gasteiger charge is -2.31. The lowest BCUT2D eigenvalue weighted by Crippen LogP contribution is -2.30. The quantitative estimate of drug-likeness (QED) is 0.830. The highest BCUT2D eigenvalue weighted by Crippen LogP contribution is 2.31. The van der Waals surface area contributed by atoms with Crippen molar-refractivity contribution in [3.8, 4) is 0 Å². The molecule has 0 fully saturated rings. The Bertz CT molecular complexity index is 579. The summed E-state index contributed by atoms with van der Waals surface area (Å²) in [6.07, 6.45) is 0. The fourth-order valence-electron chi connectivity index (χ4n) is 2.33. The summed E-state index contributed by atoms with van der Waals surface area (Å²) >= 11 is 6.19. The van der Waals surface area contributed by atoms with Gasteiger partial charge in [-0.05, 0) is 44.0 Å². The van der Waals surface area contributed by atoms with Gasteiger partial charge in [0, 0.05) is 18.3 Å². The number of hydrogen-bond donors (Lipinski definition) is 1. The van der Waals surface area contributed by atoms with E-state index < -0.39 is 0 Å². The molecule has 0 aliphatic carbocycles. The number of nitrogen functional groups attached to an aromatic ring is 1. The van der Waals surface area contributed by atoms with Crippen molar-refractivity contribution in [2.75, 3.05) is 10.6 Å². The van der Waals surface area contributed by atoms with E-state index in [9.17, 15) is 0 Å². The number of nitrogens with two attached hydrogens (primary N) is 1. The first-order valence-electron chi connectivity index (χ1n) is 6.85. The van der Waals surface area contributed by atoms with Crippen LogP contribution in [-0.2, 0) is 6.54 Å². The Balaban J connectivity index is 2.37. The van der Waals surface area contributed by atoms with E-state index in [1.54, 1.807) is 0 Å². The smallest absolute Gasteiger partial charge is 0.0656 e. The van der Waals surface area contributed by atoms with Gasteiger partial charge in [-0.2, -0.15) is 0 Å². The maximum Gasteiger partial charge on any atom is 0.0656 e. The molecular formula is C17H21ClN2. The second-order valence-electron chi connectivity index (χ2n) is 5.37. The van der Waals surface area contributed by atoms with Gasteiger partial charge in [0.25, 0.3) is 0 Å². The van der Waals surface area contributed by atoms with Crippen molar-refractivity contribution in [3.05, 3.63) is 58.6 Å². The molecule has 0 saturated heterocycles. The number of benzene rings is 2. The molecule has 0 atom stereocenters. The van der Waals surface area contributed by atoms with Crippen LogP contribution in [-0.4, -0.2) is 6.04 Å². The van der Waals surface area contributed by atoms with Crippen molar-refractivity contribution in [1.82, 2.24) is 0 Å². The van der Waals surface area contributed by atoms with Crippen molar-refractivity contribution >= 4 is 23.0 Å². The number of rotatable bonds is 4. The minimum absolute atomic E-state index is 0.383. The third kappa shape index (κ3) is 3.26. The first-order valence-corrected chi connectivity index (χ1v) is 7.23. The molecule has 2 aromatic carbocycles. The van der Waals surface area contributed by atoms with E-state index in [0.717, 1.165) is 17.8 Å². The molecule has 2 nitrogen and oxygen atoms in total. The second-order valence-corrected chi connectivity index (χ2v) is 5.77. The molecule has 0 amide bonds. The first kappa shape index (κ1) is 14.7. The Hall–Kier alpha value is -1.67. The number of hydrogen-bond acceptors (Lipinski definition) is 2. The summed E-state index contributed by atoms with van der Waals surface area (Å²) in [7, 11) is 0. The van der Waals surface area contributed by atoms with Crippen LogP contribution in [0.25, 0.3) is 0 Å². The zero-order chi connectivity index (χ0) is 14.7. The fraction of sp³-hybridized carbons (Fsp3) is 0.294. The summed E-state index contributed by atoms with van der Waals surface area (Å²) in [6.45, 7) is 7.31. The van der Waals surface area contributed by atoms with Crippen LogP contribution >= 0.6 is 11.6 Å². The van der Waals surface area contributed by atoms with Crippen LogP contribution in [0.2, 0.25) is 5.02 Å². The van der Waals surface area contributed by atoms with E-state index in [4.69, 9.17) is 17.3 Å². The summed E-state index contributed by atoms with van der Waals surface area (Å²) in [6, 6.07) is 14.7. The van der Waals surface area contributed by atoms with Crippen LogP contribution in [0, 0.1) is 6.92 Å². The zero-order valence-corrected chi connectivity index (χ0v) is 13.0. The number of anilines is 2. The van der Waals surface area contributed by atoms with Gasteiger partial charge in [-0.25, -0.2) is 0 Å². The highest BCUT2D eigenvalue weighted by Gasteiger charge is 2.15. The lowest BCUT2D eigenvalue weighted by atomic mass is 10.1. The van der Waals surface area contributed by atoms with Gasteiger partial charge in [-0.1, -0.05) is 41.9 Å². The highest BCUT2D eigenvalue weighted by atomic mass is 35.5. The third-order valence-electron chi connectivity index (χ3n) is 3.44. The zero-order valence-electron chi connectivity index (χ0n) is 12.2. The molecule has 106 valence electrons. The maximum atomic E-state index is 6.19. The first-order chi connectivity index (χ1) is 9.49. The Morgan fingerprint density at radius 1 is 1.15 bits per heavy atom. The third-order valence-corrected chi connectivity index (χ3v) is 3.77. The maximum absolute atomic E-state index is 6.19. The minimum Gasteiger partial charge on any atom is -0.398 e. The SMILES string of the molecule is Cc1cc(N)c(Cl)cc1N(Cc1ccccc1)C(C)C. The van der Waals surface area contributed by atoms with E-state index in [1.807, 2.05) is 18.2 Å². The van der Waals surface area contributed by atoms with Crippen molar-refractivity contribution in [2.45, 2.75) is 33.4 Å². The number of aryl methyl sites for hydroxylation is 1. The van der Waals surface area contributed by atoms with Crippen LogP contribution in [0.1, 0.15) is 25.0 Å². The predicted octanol–water partition coefficient (Wildman–Crippen LogP) is 4.65. The van der Waals surface area contributed by atoms with Gasteiger partial charge in [0.2, 0.25) is 0 Å². The van der Waals surface area contributed by atoms with Gasteiger partial charge in [-0.3, -0.25) is 0 Å². The molecule has 0 aliphatic heterocycles. The van der Waals surface area contributed by atoms with E-state index in [1.165, 1.54) is 5.56 Å². The van der Waals surface area contributed by atoms with Crippen LogP contribution in [0.5, 0.6) is 0 Å². The second kappa shape index (κ2) is 6.19. The summed E-state index contributed by atoms with van der Waals surface area (Å²) in [5, 5.41) is 0.615. The molecule has 0 unspecified atom stereocenters. The van der Waals surface area contributed by atoms with Crippen LogP contribution in [0.4, 0.5) is 11.4 Å². The average molecular weight is 289 g/mol. The molecule has 0 aliphatic rings. The van der Waals surface area contributed by atoms with Crippen LogP contribution in [0.3, 0.4) is 0 Å². The topological polar surface area (TPSA) is 29.3 Å². The van der Waals surface area contributed by atoms with Crippen molar-refractivity contribution in [1.29, 1.82) is 0 Å². The molecule has 0 spiro atoms. The molecule has 3 heteroatoms. The largest absolute Gasteiger partial charge is 0.398 e. The average Bonchev–Trinajstić information content (AvgIpc) is 2.41. The number of halogens is 1. The Kier molecular flexibility index (Phi) is 4.56. The molecule has 2 aromatic rings. The fourth-order valence-corrected chi connectivity index (χ4v) is 2.49. The van der Waals surface area contributed by atoms with Crippen LogP contribution < -0.4 is 10.6 Å². The Morgan fingerprint density at radius 2 is 1.80 bits per heavy atom. The molecule has 2 N–H and O–H groups in total. The summed E-state index contributed by atoms with van der Waals surface area (Å²) < 4.78 is 0. The van der Waals surface area contributed by atoms with Crippen molar-refractivity contribution < 1.29 is 0 Å². The van der Waals surface area contributed by atoms with Gasteiger partial charge in [0.1, 0.15) is 0 Å². The summed E-state index contributed by atoms with van der Waals surface area (Å²) in [5.74, 6) is 0. The van der Waals surface area contributed by atoms with Gasteiger partial charge in [0.05, 0.1) is 10.7 Å². The van der Waals surface area contributed by atoms with E-state index in [2.05, 4.69) is 49.9 Å². The minimum atomic E-state index is 0.383. The Morgan fingerprint density at radius 3 is 2.40 bits per heavy atom. The monoisotopic (exact) mass is 288 g/mol. The van der Waals surface area contributed by atoms with Gasteiger partial charge in [0.15, 0.2) is 0 Å². The molecule has 20 heavy (non-hydrogen) atoms. The molecule has 0 bridgehead atoms. The standard InChI is InChI=1S/C17H21ClN2/c1-12(2)20(11-14-7-5-4-6-8-14)17-10-15(18)16(19)9-13(17)3/h4-10,12H,11,19H2,1-3H3. The normalized spacial score (nSPS) is 10.8. The Labute approximate surface area is 126 Å². The van der Waals surface area contributed by atoms with Gasteiger partial charge >= 0.3 is 0 Å². The van der Waals surface area contributed by atoms with Crippen molar-refractivity contribution in [3.63, 3.8) is 0 Å². The van der Waals surface area contributed by atoms with Crippen molar-refractivity contribution in [2.24, 2.45) is 0 Å². The molecule has 0 heterocycles. The van der Waals surface area contributed by atoms with E-state index >= 15 is 0 Å². The summed E-state index contributed by atoms with van der Waals surface area (Å²) in [4.78, 5) is 2.34. The van der Waals surface area contributed by atoms with E-state index in [-0.39, 0.29) is 0 Å². The lowest BCUT2D eigenvalue weighted by molar-refractivity contribution is 0.680. The van der Waals surface area contributed by atoms with Crippen LogP contribution in [0.15, 0.2) is 42.5 Å². The predicted molar refractivity (Wildman–Crippen MR) is 88.4 cm³/mol. The van der Waals surface area contributed by atoms with E-state index in [0.29, 0.717) is 16.8 Å². The summed E-state index contributed by atoms with van der Waals surface area (Å²) in [5.41, 5.74) is 10.1. The highest BCUT2D eigenvalue weighted by molar-refractivity contribution is 6.33. The number of nitrogens with zero attached hydrogens (tertiary/aromatic N) is 1. The molecule has 0 saturated carbocycles. The van der Waals surface area contributed by atoms with Gasteiger partial charge < -0.3 is 10.6 Å². The molecular weight excluding hydrogens is 268 g/mol. The molecule has 2 rings (SSSR count). The molecule has 0 aromatic heterocycles.